The number of aryl methyl sites for hydroxylation is 1. The number of benzene rings is 2. The number of hydrogen-bond donors (Lipinski definition) is 1. The molecule has 1 heterocycles. The highest BCUT2D eigenvalue weighted by molar-refractivity contribution is 5.94. The molecular formula is C17H13N. The molecule has 0 aliphatic carbocycles. The van der Waals surface area contributed by atoms with Crippen molar-refractivity contribution in [1.29, 1.82) is 0 Å². The van der Waals surface area contributed by atoms with Crippen molar-refractivity contribution in [2.45, 2.75) is 6.92 Å². The molecule has 1 aromatic heterocycles. The Morgan fingerprint density at radius 1 is 1.06 bits per heavy atom. The van der Waals surface area contributed by atoms with Gasteiger partial charge in [-0.2, -0.15) is 0 Å². The van der Waals surface area contributed by atoms with Crippen molar-refractivity contribution in [2.24, 2.45) is 0 Å². The first-order valence-electron chi connectivity index (χ1n) is 5.94. The first kappa shape index (κ1) is 10.7. The average molecular weight is 231 g/mol. The quantitative estimate of drug-likeness (QED) is 0.606. The van der Waals surface area contributed by atoms with Crippen LogP contribution in [0.4, 0.5) is 0 Å². The summed E-state index contributed by atoms with van der Waals surface area (Å²) in [4.78, 5) is 3.43. The first-order chi connectivity index (χ1) is 8.79. The van der Waals surface area contributed by atoms with Gasteiger partial charge in [-0.05, 0) is 24.1 Å². The van der Waals surface area contributed by atoms with E-state index in [0.717, 1.165) is 27.7 Å². The fourth-order valence-electron chi connectivity index (χ4n) is 2.28. The molecule has 1 nitrogen and oxygen atoms in total. The second-order valence-electron chi connectivity index (χ2n) is 4.43. The van der Waals surface area contributed by atoms with Gasteiger partial charge >= 0.3 is 0 Å². The molecule has 1 N–H and O–H groups in total. The van der Waals surface area contributed by atoms with Crippen LogP contribution in [-0.4, -0.2) is 4.98 Å². The number of aromatic amines is 1. The Kier molecular flexibility index (Phi) is 2.42. The Hall–Kier alpha value is -2.46. The van der Waals surface area contributed by atoms with Crippen LogP contribution in [0.15, 0.2) is 48.5 Å². The van der Waals surface area contributed by atoms with Crippen molar-refractivity contribution in [3.8, 4) is 23.6 Å². The van der Waals surface area contributed by atoms with Crippen LogP contribution in [0.5, 0.6) is 0 Å². The predicted molar refractivity (Wildman–Crippen MR) is 76.4 cm³/mol. The summed E-state index contributed by atoms with van der Waals surface area (Å²) in [5.74, 6) is 2.81. The summed E-state index contributed by atoms with van der Waals surface area (Å²) in [7, 11) is 0. The summed E-state index contributed by atoms with van der Waals surface area (Å²) in [6, 6.07) is 16.5. The van der Waals surface area contributed by atoms with E-state index in [1.54, 1.807) is 0 Å². The maximum atomic E-state index is 5.67. The van der Waals surface area contributed by atoms with E-state index < -0.39 is 0 Å². The van der Waals surface area contributed by atoms with Crippen molar-refractivity contribution < 1.29 is 0 Å². The van der Waals surface area contributed by atoms with E-state index in [2.05, 4.69) is 48.2 Å². The number of fused-ring (bicyclic) bond motifs is 1. The molecule has 0 unspecified atom stereocenters. The van der Waals surface area contributed by atoms with E-state index in [-0.39, 0.29) is 0 Å². The molecule has 0 bridgehead atoms. The molecule has 0 fully saturated rings. The van der Waals surface area contributed by atoms with Gasteiger partial charge in [0.1, 0.15) is 0 Å². The van der Waals surface area contributed by atoms with Gasteiger partial charge in [-0.15, -0.1) is 6.42 Å². The molecule has 0 saturated heterocycles. The van der Waals surface area contributed by atoms with Gasteiger partial charge in [0.2, 0.25) is 0 Å². The molecule has 86 valence electrons. The van der Waals surface area contributed by atoms with Crippen LogP contribution in [0.25, 0.3) is 22.2 Å². The van der Waals surface area contributed by atoms with Crippen LogP contribution in [0.2, 0.25) is 0 Å². The van der Waals surface area contributed by atoms with Gasteiger partial charge < -0.3 is 4.98 Å². The second kappa shape index (κ2) is 4.09. The lowest BCUT2D eigenvalue weighted by atomic mass is 10.1. The standard InChI is InChI=1S/C17H13N/c1-3-14-15-10-9-12(2)11-16(15)18-17(14)13-7-5-4-6-8-13/h1,4-11,18H,2H3. The van der Waals surface area contributed by atoms with Gasteiger partial charge in [-0.1, -0.05) is 48.4 Å². The Balaban J connectivity index is 2.34. The molecule has 0 amide bonds. The number of hydrogen-bond acceptors (Lipinski definition) is 0. The van der Waals surface area contributed by atoms with Gasteiger partial charge in [0.05, 0.1) is 11.3 Å². The molecule has 0 saturated carbocycles. The molecule has 2 aromatic carbocycles. The highest BCUT2D eigenvalue weighted by atomic mass is 14.7. The summed E-state index contributed by atoms with van der Waals surface area (Å²) >= 11 is 0. The molecular weight excluding hydrogens is 218 g/mol. The van der Waals surface area contributed by atoms with Crippen molar-refractivity contribution in [3.63, 3.8) is 0 Å². The Bertz CT molecular complexity index is 742. The molecule has 0 spiro atoms. The van der Waals surface area contributed by atoms with Gasteiger partial charge in [-0.25, -0.2) is 0 Å². The number of terminal acetylenes is 1. The fraction of sp³-hybridized carbons (Fsp3) is 0.0588. The zero-order valence-corrected chi connectivity index (χ0v) is 10.2. The van der Waals surface area contributed by atoms with E-state index in [9.17, 15) is 0 Å². The third-order valence-electron chi connectivity index (χ3n) is 3.16. The third kappa shape index (κ3) is 1.59. The zero-order valence-electron chi connectivity index (χ0n) is 10.2. The fourth-order valence-corrected chi connectivity index (χ4v) is 2.28. The predicted octanol–water partition coefficient (Wildman–Crippen LogP) is 4.12. The SMILES string of the molecule is C#Cc1c(-c2ccccc2)[nH]c2cc(C)ccc12. The summed E-state index contributed by atoms with van der Waals surface area (Å²) < 4.78 is 0. The normalized spacial score (nSPS) is 10.4. The summed E-state index contributed by atoms with van der Waals surface area (Å²) in [5, 5.41) is 1.11. The van der Waals surface area contributed by atoms with E-state index in [0.29, 0.717) is 0 Å². The van der Waals surface area contributed by atoms with Crippen molar-refractivity contribution in [2.75, 3.05) is 0 Å². The van der Waals surface area contributed by atoms with E-state index >= 15 is 0 Å². The number of H-pyrrole nitrogens is 1. The van der Waals surface area contributed by atoms with Gasteiger partial charge in [0.25, 0.3) is 0 Å². The first-order valence-corrected chi connectivity index (χ1v) is 5.94. The largest absolute Gasteiger partial charge is 0.353 e. The molecule has 3 aromatic rings. The lowest BCUT2D eigenvalue weighted by Crippen LogP contribution is -1.80. The molecule has 1 heteroatoms. The van der Waals surface area contributed by atoms with Gasteiger partial charge in [0, 0.05) is 10.9 Å². The van der Waals surface area contributed by atoms with Gasteiger partial charge in [0.15, 0.2) is 0 Å². The van der Waals surface area contributed by atoms with Crippen LogP contribution >= 0.6 is 0 Å². The minimum atomic E-state index is 0.941. The van der Waals surface area contributed by atoms with Crippen molar-refractivity contribution >= 4 is 10.9 Å². The molecule has 18 heavy (non-hydrogen) atoms. The Labute approximate surface area is 106 Å². The molecule has 0 atom stereocenters. The third-order valence-corrected chi connectivity index (χ3v) is 3.16. The second-order valence-corrected chi connectivity index (χ2v) is 4.43. The molecule has 0 aliphatic rings. The van der Waals surface area contributed by atoms with Crippen molar-refractivity contribution in [1.82, 2.24) is 4.98 Å². The number of aromatic nitrogens is 1. The van der Waals surface area contributed by atoms with E-state index in [1.165, 1.54) is 5.56 Å². The maximum Gasteiger partial charge on any atom is 0.0623 e. The smallest absolute Gasteiger partial charge is 0.0623 e. The Morgan fingerprint density at radius 3 is 2.56 bits per heavy atom. The lowest BCUT2D eigenvalue weighted by Gasteiger charge is -1.98. The average Bonchev–Trinajstić information content (AvgIpc) is 2.77. The van der Waals surface area contributed by atoms with Crippen LogP contribution in [-0.2, 0) is 0 Å². The maximum absolute atomic E-state index is 5.67. The van der Waals surface area contributed by atoms with Crippen LogP contribution in [0.3, 0.4) is 0 Å². The number of nitrogens with one attached hydrogen (secondary N) is 1. The van der Waals surface area contributed by atoms with E-state index in [4.69, 9.17) is 6.42 Å². The lowest BCUT2D eigenvalue weighted by molar-refractivity contribution is 1.42. The highest BCUT2D eigenvalue weighted by Gasteiger charge is 2.10. The van der Waals surface area contributed by atoms with Crippen LogP contribution in [0.1, 0.15) is 11.1 Å². The minimum absolute atomic E-state index is 0.941. The highest BCUT2D eigenvalue weighted by Crippen LogP contribution is 2.29. The van der Waals surface area contributed by atoms with Crippen LogP contribution in [0, 0.1) is 19.3 Å². The monoisotopic (exact) mass is 231 g/mol. The summed E-state index contributed by atoms with van der Waals surface area (Å²) in [5.41, 5.74) is 5.42. The van der Waals surface area contributed by atoms with Gasteiger partial charge in [-0.3, -0.25) is 0 Å². The molecule has 3 rings (SSSR count). The van der Waals surface area contributed by atoms with Crippen molar-refractivity contribution in [3.05, 3.63) is 59.7 Å². The molecule has 0 aliphatic heterocycles. The topological polar surface area (TPSA) is 15.8 Å². The minimum Gasteiger partial charge on any atom is -0.353 e. The zero-order chi connectivity index (χ0) is 12.5. The Morgan fingerprint density at radius 2 is 1.83 bits per heavy atom. The molecule has 0 radical (unpaired) electrons. The summed E-state index contributed by atoms with van der Waals surface area (Å²) in [6.07, 6.45) is 5.67. The summed E-state index contributed by atoms with van der Waals surface area (Å²) in [6.45, 7) is 2.08. The van der Waals surface area contributed by atoms with E-state index in [1.807, 2.05) is 18.2 Å². The van der Waals surface area contributed by atoms with Crippen LogP contribution < -0.4 is 0 Å². The number of rotatable bonds is 1.